The zero-order chi connectivity index (χ0) is 22.8. The lowest BCUT2D eigenvalue weighted by molar-refractivity contribution is -0.119. The number of carbonyl (C=O) groups excluding carboxylic acids is 2. The lowest BCUT2D eigenvalue weighted by atomic mass is 10.2. The Morgan fingerprint density at radius 2 is 1.97 bits per heavy atom. The topological polar surface area (TPSA) is 96.2 Å². The molecule has 1 aromatic carbocycles. The second-order valence-corrected chi connectivity index (χ2v) is 9.25. The van der Waals surface area contributed by atoms with E-state index in [2.05, 4.69) is 25.3 Å². The van der Waals surface area contributed by atoms with E-state index in [9.17, 15) is 9.59 Å². The van der Waals surface area contributed by atoms with Crippen LogP contribution < -0.4 is 15.1 Å². The lowest BCUT2D eigenvalue weighted by Crippen LogP contribution is -2.48. The molecule has 0 radical (unpaired) electrons. The van der Waals surface area contributed by atoms with Crippen molar-refractivity contribution in [2.45, 2.75) is 30.3 Å². The average molecular weight is 464 g/mol. The molecule has 0 bridgehead atoms. The summed E-state index contributed by atoms with van der Waals surface area (Å²) in [6.45, 7) is 2.53. The van der Waals surface area contributed by atoms with Gasteiger partial charge in [0.05, 0.1) is 18.4 Å². The number of thioether (sulfide) groups is 1. The third kappa shape index (κ3) is 4.56. The van der Waals surface area contributed by atoms with Crippen molar-refractivity contribution in [3.05, 3.63) is 60.3 Å². The van der Waals surface area contributed by atoms with Crippen LogP contribution in [0.15, 0.2) is 53.8 Å². The zero-order valence-corrected chi connectivity index (χ0v) is 19.2. The molecule has 2 aliphatic rings. The molecular formula is C23H25N7O2S. The number of nitrogens with zero attached hydrogens (tertiary/aromatic N) is 6. The first kappa shape index (κ1) is 21.4. The van der Waals surface area contributed by atoms with Gasteiger partial charge in [-0.1, -0.05) is 30.3 Å². The van der Waals surface area contributed by atoms with Gasteiger partial charge in [-0.3, -0.25) is 9.59 Å². The molecule has 5 rings (SSSR count). The van der Waals surface area contributed by atoms with Crippen LogP contribution in [0.3, 0.4) is 0 Å². The number of aromatic nitrogens is 4. The summed E-state index contributed by atoms with van der Waals surface area (Å²) in [6.07, 6.45) is 5.63. The molecule has 1 saturated heterocycles. The number of likely N-dealkylation sites (N-methyl/N-ethyl adjacent to an activating group) is 1. The summed E-state index contributed by atoms with van der Waals surface area (Å²) < 4.78 is 1.61. The van der Waals surface area contributed by atoms with Crippen LogP contribution in [0, 0.1) is 0 Å². The Bertz CT molecular complexity index is 1160. The number of rotatable bonds is 5. The molecule has 0 spiro atoms. The molecule has 0 saturated carbocycles. The van der Waals surface area contributed by atoms with Gasteiger partial charge in [0.2, 0.25) is 11.7 Å². The molecule has 9 nitrogen and oxygen atoms in total. The van der Waals surface area contributed by atoms with Crippen molar-refractivity contribution in [2.75, 3.05) is 35.7 Å². The number of hydrogen-bond donors (Lipinski definition) is 1. The summed E-state index contributed by atoms with van der Waals surface area (Å²) in [4.78, 5) is 39.4. The predicted octanol–water partition coefficient (Wildman–Crippen LogP) is 2.19. The molecular weight excluding hydrogens is 438 g/mol. The molecule has 10 heteroatoms. The van der Waals surface area contributed by atoms with E-state index in [0.717, 1.165) is 35.1 Å². The smallest absolute Gasteiger partial charge is 0.291 e. The molecule has 1 N–H and O–H groups in total. The summed E-state index contributed by atoms with van der Waals surface area (Å²) in [5, 5.41) is 7.10. The molecule has 4 heterocycles. The molecule has 33 heavy (non-hydrogen) atoms. The number of hydrogen-bond acceptors (Lipinski definition) is 7. The third-order valence-electron chi connectivity index (χ3n) is 5.89. The standard InChI is InChI=1S/C23H25N7O2S/c1-28-18-12-24-20(29-9-5-6-10-29)11-19(18)33-14-17(23(28)32)26-22(31)21-25-15-30(27-21)13-16-7-3-2-4-8-16/h2-4,7-8,11-12,15,17H,5-6,9-10,13-14H2,1H3,(H,26,31)/t17-/m0/s1. The first-order chi connectivity index (χ1) is 16.1. The Kier molecular flexibility index (Phi) is 5.99. The number of pyridine rings is 1. The number of anilines is 2. The Labute approximate surface area is 196 Å². The number of amides is 2. The van der Waals surface area contributed by atoms with Gasteiger partial charge in [-0.2, -0.15) is 0 Å². The monoisotopic (exact) mass is 463 g/mol. The predicted molar refractivity (Wildman–Crippen MR) is 127 cm³/mol. The van der Waals surface area contributed by atoms with Crippen LogP contribution in [0.2, 0.25) is 0 Å². The molecule has 1 atom stereocenters. The Morgan fingerprint density at radius 3 is 2.76 bits per heavy atom. The molecule has 0 aliphatic carbocycles. The van der Waals surface area contributed by atoms with Gasteiger partial charge in [0.25, 0.3) is 5.91 Å². The van der Waals surface area contributed by atoms with Gasteiger partial charge in [0, 0.05) is 30.8 Å². The summed E-state index contributed by atoms with van der Waals surface area (Å²) in [7, 11) is 1.72. The minimum atomic E-state index is -0.684. The normalized spacial score (nSPS) is 18.2. The van der Waals surface area contributed by atoms with Crippen molar-refractivity contribution in [1.29, 1.82) is 0 Å². The van der Waals surface area contributed by atoms with Crippen LogP contribution in [0.25, 0.3) is 0 Å². The van der Waals surface area contributed by atoms with Crippen LogP contribution >= 0.6 is 11.8 Å². The SMILES string of the molecule is CN1C(=O)[C@@H](NC(=O)c2ncn(Cc3ccccc3)n2)CSc2cc(N3CCCC3)ncc21. The maximum absolute atomic E-state index is 13.1. The fraction of sp³-hybridized carbons (Fsp3) is 0.348. The number of benzene rings is 1. The van der Waals surface area contributed by atoms with E-state index in [4.69, 9.17) is 0 Å². The highest BCUT2D eigenvalue weighted by molar-refractivity contribution is 7.99. The van der Waals surface area contributed by atoms with Gasteiger partial charge in [-0.25, -0.2) is 14.6 Å². The van der Waals surface area contributed by atoms with E-state index >= 15 is 0 Å². The van der Waals surface area contributed by atoms with Gasteiger partial charge >= 0.3 is 0 Å². The van der Waals surface area contributed by atoms with Crippen LogP contribution in [0.1, 0.15) is 29.0 Å². The molecule has 170 valence electrons. The van der Waals surface area contributed by atoms with Crippen molar-refractivity contribution in [2.24, 2.45) is 0 Å². The zero-order valence-electron chi connectivity index (χ0n) is 18.3. The highest BCUT2D eigenvalue weighted by atomic mass is 32.2. The van der Waals surface area contributed by atoms with Gasteiger partial charge in [-0.05, 0) is 24.5 Å². The van der Waals surface area contributed by atoms with E-state index in [1.807, 2.05) is 36.4 Å². The van der Waals surface area contributed by atoms with Crippen molar-refractivity contribution in [3.63, 3.8) is 0 Å². The van der Waals surface area contributed by atoms with Crippen molar-refractivity contribution < 1.29 is 9.59 Å². The summed E-state index contributed by atoms with van der Waals surface area (Å²) >= 11 is 1.55. The molecule has 2 aliphatic heterocycles. The van der Waals surface area contributed by atoms with Crippen LogP contribution in [0.4, 0.5) is 11.5 Å². The highest BCUT2D eigenvalue weighted by Crippen LogP contribution is 2.36. The quantitative estimate of drug-likeness (QED) is 0.620. The van der Waals surface area contributed by atoms with Gasteiger partial charge in [0.1, 0.15) is 18.2 Å². The Balaban J connectivity index is 1.27. The van der Waals surface area contributed by atoms with Crippen LogP contribution in [0.5, 0.6) is 0 Å². The van der Waals surface area contributed by atoms with Gasteiger partial charge in [-0.15, -0.1) is 16.9 Å². The van der Waals surface area contributed by atoms with Gasteiger partial charge < -0.3 is 15.1 Å². The second-order valence-electron chi connectivity index (χ2n) is 8.19. The molecule has 2 aromatic heterocycles. The maximum atomic E-state index is 13.1. The van der Waals surface area contributed by atoms with Crippen molar-refractivity contribution in [1.82, 2.24) is 25.1 Å². The van der Waals surface area contributed by atoms with E-state index < -0.39 is 11.9 Å². The summed E-state index contributed by atoms with van der Waals surface area (Å²) in [5.74, 6) is 0.766. The average Bonchev–Trinajstić information content (AvgIpc) is 3.52. The maximum Gasteiger partial charge on any atom is 0.291 e. The highest BCUT2D eigenvalue weighted by Gasteiger charge is 2.31. The lowest BCUT2D eigenvalue weighted by Gasteiger charge is -2.22. The largest absolute Gasteiger partial charge is 0.357 e. The van der Waals surface area contributed by atoms with E-state index in [1.54, 1.807) is 34.6 Å². The third-order valence-corrected chi connectivity index (χ3v) is 7.03. The van der Waals surface area contributed by atoms with Crippen LogP contribution in [-0.4, -0.2) is 63.5 Å². The second kappa shape index (κ2) is 9.22. The van der Waals surface area contributed by atoms with Crippen molar-refractivity contribution in [3.8, 4) is 0 Å². The first-order valence-corrected chi connectivity index (χ1v) is 12.0. The van der Waals surface area contributed by atoms with E-state index in [-0.39, 0.29) is 11.7 Å². The summed E-state index contributed by atoms with van der Waals surface area (Å²) in [5.41, 5.74) is 1.82. The van der Waals surface area contributed by atoms with E-state index in [0.29, 0.717) is 12.3 Å². The number of fused-ring (bicyclic) bond motifs is 1. The minimum absolute atomic E-state index is 0.0473. The van der Waals surface area contributed by atoms with Gasteiger partial charge in [0.15, 0.2) is 0 Å². The Morgan fingerprint density at radius 1 is 1.18 bits per heavy atom. The molecule has 2 amide bonds. The summed E-state index contributed by atoms with van der Waals surface area (Å²) in [6, 6.07) is 11.2. The number of carbonyl (C=O) groups is 2. The fourth-order valence-corrected chi connectivity index (χ4v) is 5.17. The molecule has 1 fully saturated rings. The number of nitrogens with one attached hydrogen (secondary N) is 1. The Hall–Kier alpha value is -3.40. The minimum Gasteiger partial charge on any atom is -0.357 e. The molecule has 0 unspecified atom stereocenters. The molecule has 3 aromatic rings. The van der Waals surface area contributed by atoms with Crippen LogP contribution in [-0.2, 0) is 11.3 Å². The van der Waals surface area contributed by atoms with E-state index in [1.165, 1.54) is 19.2 Å². The fourth-order valence-electron chi connectivity index (χ4n) is 4.07. The van der Waals surface area contributed by atoms with Crippen molar-refractivity contribution >= 4 is 35.1 Å². The first-order valence-electron chi connectivity index (χ1n) is 11.0.